The fraction of sp³-hybridized carbons (Fsp3) is 0.846. The van der Waals surface area contributed by atoms with E-state index in [1.54, 1.807) is 0 Å². The lowest BCUT2D eigenvalue weighted by Crippen LogP contribution is -2.35. The SMILES string of the molecule is CC(CN1CCCCC1)n1nnc2c1CCNC2. The molecule has 1 N–H and O–H groups in total. The molecule has 0 saturated carbocycles. The molecule has 1 atom stereocenters. The molecule has 0 spiro atoms. The smallest absolute Gasteiger partial charge is 0.0997 e. The van der Waals surface area contributed by atoms with Gasteiger partial charge in [0.15, 0.2) is 0 Å². The van der Waals surface area contributed by atoms with Crippen molar-refractivity contribution in [2.75, 3.05) is 26.2 Å². The second-order valence-electron chi connectivity index (χ2n) is 5.56. The summed E-state index contributed by atoms with van der Waals surface area (Å²) in [4.78, 5) is 2.57. The van der Waals surface area contributed by atoms with Gasteiger partial charge in [0.1, 0.15) is 0 Å². The standard InChI is InChI=1S/C13H23N5/c1-11(10-17-7-3-2-4-8-17)18-13-5-6-14-9-12(13)15-16-18/h11,14H,2-10H2,1H3. The van der Waals surface area contributed by atoms with Crippen LogP contribution in [0.25, 0.3) is 0 Å². The fourth-order valence-electron chi connectivity index (χ4n) is 3.10. The summed E-state index contributed by atoms with van der Waals surface area (Å²) in [7, 11) is 0. The van der Waals surface area contributed by atoms with Crippen molar-refractivity contribution in [2.24, 2.45) is 0 Å². The van der Waals surface area contributed by atoms with Gasteiger partial charge in [-0.1, -0.05) is 11.6 Å². The zero-order chi connectivity index (χ0) is 12.4. The first-order chi connectivity index (χ1) is 8.84. The Hall–Kier alpha value is -0.940. The quantitative estimate of drug-likeness (QED) is 0.867. The van der Waals surface area contributed by atoms with Crippen LogP contribution in [0.3, 0.4) is 0 Å². The van der Waals surface area contributed by atoms with Gasteiger partial charge in [0.25, 0.3) is 0 Å². The maximum absolute atomic E-state index is 4.36. The van der Waals surface area contributed by atoms with E-state index in [0.29, 0.717) is 6.04 Å². The minimum Gasteiger partial charge on any atom is -0.311 e. The van der Waals surface area contributed by atoms with Crippen LogP contribution in [-0.2, 0) is 13.0 Å². The van der Waals surface area contributed by atoms with E-state index in [1.807, 2.05) is 0 Å². The molecule has 5 heteroatoms. The van der Waals surface area contributed by atoms with Gasteiger partial charge in [0, 0.05) is 26.1 Å². The molecule has 0 amide bonds. The second-order valence-corrected chi connectivity index (χ2v) is 5.56. The molecule has 1 unspecified atom stereocenters. The summed E-state index contributed by atoms with van der Waals surface area (Å²) in [6.45, 7) is 7.82. The molecule has 0 radical (unpaired) electrons. The van der Waals surface area contributed by atoms with Gasteiger partial charge in [-0.25, -0.2) is 4.68 Å². The van der Waals surface area contributed by atoms with Crippen molar-refractivity contribution >= 4 is 0 Å². The highest BCUT2D eigenvalue weighted by Gasteiger charge is 2.21. The molecule has 3 heterocycles. The number of rotatable bonds is 3. The summed E-state index contributed by atoms with van der Waals surface area (Å²) >= 11 is 0. The highest BCUT2D eigenvalue weighted by Crippen LogP contribution is 2.18. The van der Waals surface area contributed by atoms with Gasteiger partial charge in [-0.3, -0.25) is 0 Å². The lowest BCUT2D eigenvalue weighted by molar-refractivity contribution is 0.195. The molecular weight excluding hydrogens is 226 g/mol. The molecule has 100 valence electrons. The first-order valence-corrected chi connectivity index (χ1v) is 7.20. The average Bonchev–Trinajstić information content (AvgIpc) is 2.84. The molecule has 5 nitrogen and oxygen atoms in total. The molecular formula is C13H23N5. The Labute approximate surface area is 109 Å². The molecule has 0 aliphatic carbocycles. The van der Waals surface area contributed by atoms with Gasteiger partial charge in [-0.2, -0.15) is 0 Å². The maximum atomic E-state index is 4.36. The zero-order valence-corrected chi connectivity index (χ0v) is 11.2. The van der Waals surface area contributed by atoms with Crippen LogP contribution in [0, 0.1) is 0 Å². The molecule has 1 aromatic rings. The Morgan fingerprint density at radius 3 is 2.94 bits per heavy atom. The van der Waals surface area contributed by atoms with Gasteiger partial charge < -0.3 is 10.2 Å². The van der Waals surface area contributed by atoms with Crippen LogP contribution in [-0.4, -0.2) is 46.1 Å². The number of piperidine rings is 1. The van der Waals surface area contributed by atoms with Crippen LogP contribution in [0.15, 0.2) is 0 Å². The summed E-state index contributed by atoms with van der Waals surface area (Å²) in [6, 6.07) is 0.442. The van der Waals surface area contributed by atoms with Crippen molar-refractivity contribution in [3.05, 3.63) is 11.4 Å². The van der Waals surface area contributed by atoms with E-state index in [1.165, 1.54) is 38.0 Å². The Balaban J connectivity index is 1.67. The third-order valence-electron chi connectivity index (χ3n) is 4.09. The van der Waals surface area contributed by atoms with E-state index in [4.69, 9.17) is 0 Å². The first-order valence-electron chi connectivity index (χ1n) is 7.20. The minimum atomic E-state index is 0.442. The summed E-state index contributed by atoms with van der Waals surface area (Å²) in [6.07, 6.45) is 5.17. The highest BCUT2D eigenvalue weighted by atomic mass is 15.5. The van der Waals surface area contributed by atoms with E-state index >= 15 is 0 Å². The zero-order valence-electron chi connectivity index (χ0n) is 11.2. The fourth-order valence-corrected chi connectivity index (χ4v) is 3.10. The molecule has 1 aromatic heterocycles. The van der Waals surface area contributed by atoms with Crippen molar-refractivity contribution in [1.29, 1.82) is 0 Å². The summed E-state index contributed by atoms with van der Waals surface area (Å²) in [5.41, 5.74) is 2.49. The number of hydrogen-bond acceptors (Lipinski definition) is 4. The van der Waals surface area contributed by atoms with Crippen molar-refractivity contribution in [1.82, 2.24) is 25.2 Å². The van der Waals surface area contributed by atoms with Gasteiger partial charge in [-0.15, -0.1) is 5.10 Å². The topological polar surface area (TPSA) is 46.0 Å². The predicted molar refractivity (Wildman–Crippen MR) is 70.4 cm³/mol. The Morgan fingerprint density at radius 1 is 1.28 bits per heavy atom. The van der Waals surface area contributed by atoms with Crippen molar-refractivity contribution in [3.63, 3.8) is 0 Å². The summed E-state index contributed by atoms with van der Waals surface area (Å²) in [5, 5.41) is 12.0. The van der Waals surface area contributed by atoms with E-state index in [9.17, 15) is 0 Å². The van der Waals surface area contributed by atoms with Crippen molar-refractivity contribution in [2.45, 2.75) is 45.2 Å². The molecule has 0 bridgehead atoms. The lowest BCUT2D eigenvalue weighted by Gasteiger charge is -2.29. The predicted octanol–water partition coefficient (Wildman–Crippen LogP) is 0.971. The number of fused-ring (bicyclic) bond motifs is 1. The molecule has 1 fully saturated rings. The van der Waals surface area contributed by atoms with E-state index < -0.39 is 0 Å². The summed E-state index contributed by atoms with van der Waals surface area (Å²) < 4.78 is 2.16. The Bertz CT molecular complexity index is 394. The number of likely N-dealkylation sites (tertiary alicyclic amines) is 1. The van der Waals surface area contributed by atoms with Crippen LogP contribution in [0.4, 0.5) is 0 Å². The molecule has 18 heavy (non-hydrogen) atoms. The van der Waals surface area contributed by atoms with E-state index in [0.717, 1.165) is 31.7 Å². The highest BCUT2D eigenvalue weighted by molar-refractivity contribution is 5.14. The third-order valence-corrected chi connectivity index (χ3v) is 4.09. The number of hydrogen-bond donors (Lipinski definition) is 1. The monoisotopic (exact) mass is 249 g/mol. The molecule has 2 aliphatic heterocycles. The van der Waals surface area contributed by atoms with Crippen LogP contribution >= 0.6 is 0 Å². The van der Waals surface area contributed by atoms with Crippen LogP contribution in [0.5, 0.6) is 0 Å². The van der Waals surface area contributed by atoms with Crippen molar-refractivity contribution < 1.29 is 0 Å². The number of aromatic nitrogens is 3. The Morgan fingerprint density at radius 2 is 2.11 bits per heavy atom. The summed E-state index contributed by atoms with van der Waals surface area (Å²) in [5.74, 6) is 0. The number of nitrogens with zero attached hydrogens (tertiary/aromatic N) is 4. The normalized spacial score (nSPS) is 22.7. The van der Waals surface area contributed by atoms with Crippen LogP contribution in [0.1, 0.15) is 43.6 Å². The number of nitrogens with one attached hydrogen (secondary N) is 1. The molecule has 0 aromatic carbocycles. The van der Waals surface area contributed by atoms with Crippen molar-refractivity contribution in [3.8, 4) is 0 Å². The minimum absolute atomic E-state index is 0.442. The van der Waals surface area contributed by atoms with E-state index in [-0.39, 0.29) is 0 Å². The lowest BCUT2D eigenvalue weighted by atomic mass is 10.1. The molecule has 3 rings (SSSR count). The van der Waals surface area contributed by atoms with Gasteiger partial charge >= 0.3 is 0 Å². The second kappa shape index (κ2) is 5.36. The van der Waals surface area contributed by atoms with Crippen LogP contribution in [0.2, 0.25) is 0 Å². The van der Waals surface area contributed by atoms with Crippen LogP contribution < -0.4 is 5.32 Å². The molecule has 1 saturated heterocycles. The maximum Gasteiger partial charge on any atom is 0.0997 e. The molecule has 2 aliphatic rings. The Kier molecular flexibility index (Phi) is 3.61. The van der Waals surface area contributed by atoms with E-state index in [2.05, 4.69) is 32.1 Å². The van der Waals surface area contributed by atoms with Gasteiger partial charge in [0.05, 0.1) is 17.4 Å². The average molecular weight is 249 g/mol. The third kappa shape index (κ3) is 2.42. The largest absolute Gasteiger partial charge is 0.311 e. The van der Waals surface area contributed by atoms with Gasteiger partial charge in [-0.05, 0) is 32.9 Å². The first kappa shape index (κ1) is 12.1. The van der Waals surface area contributed by atoms with Gasteiger partial charge in [0.2, 0.25) is 0 Å².